The summed E-state index contributed by atoms with van der Waals surface area (Å²) in [6.45, 7) is 2.70. The second-order valence-electron chi connectivity index (χ2n) is 5.92. The molecule has 150 valence electrons. The van der Waals surface area contributed by atoms with Crippen LogP contribution in [0.25, 0.3) is 11.4 Å². The maximum Gasteiger partial charge on any atom is 0.250 e. The number of nitrogens with zero attached hydrogens (tertiary/aromatic N) is 4. The first kappa shape index (κ1) is 20.9. The molecule has 0 spiro atoms. The summed E-state index contributed by atoms with van der Waals surface area (Å²) in [5, 5.41) is 13.7. The highest BCUT2D eigenvalue weighted by Gasteiger charge is 2.14. The Bertz CT molecular complexity index is 1000. The van der Waals surface area contributed by atoms with Crippen molar-refractivity contribution in [1.29, 1.82) is 0 Å². The Morgan fingerprint density at radius 2 is 2.07 bits per heavy atom. The molecule has 1 aromatic heterocycles. The lowest BCUT2D eigenvalue weighted by molar-refractivity contribution is -0.118. The van der Waals surface area contributed by atoms with Gasteiger partial charge in [-0.3, -0.25) is 4.79 Å². The van der Waals surface area contributed by atoms with Gasteiger partial charge < -0.3 is 9.30 Å². The molecule has 9 heteroatoms. The summed E-state index contributed by atoms with van der Waals surface area (Å²) in [7, 11) is 1.63. The molecule has 0 aliphatic heterocycles. The molecule has 0 fully saturated rings. The van der Waals surface area contributed by atoms with Gasteiger partial charge in [-0.05, 0) is 48.9 Å². The van der Waals surface area contributed by atoms with E-state index in [4.69, 9.17) is 16.3 Å². The lowest BCUT2D eigenvalue weighted by atomic mass is 10.2. The molecule has 0 aliphatic carbocycles. The predicted molar refractivity (Wildman–Crippen MR) is 116 cm³/mol. The third-order valence-corrected chi connectivity index (χ3v) is 5.17. The van der Waals surface area contributed by atoms with E-state index in [2.05, 4.69) is 20.7 Å². The zero-order chi connectivity index (χ0) is 20.6. The fourth-order valence-corrected chi connectivity index (χ4v) is 3.56. The lowest BCUT2D eigenvalue weighted by Crippen LogP contribution is -2.20. The molecule has 0 radical (unpaired) electrons. The Morgan fingerprint density at radius 1 is 1.28 bits per heavy atom. The van der Waals surface area contributed by atoms with Crippen molar-refractivity contribution in [2.45, 2.75) is 18.6 Å². The number of hydrogen-bond acceptors (Lipinski definition) is 6. The second kappa shape index (κ2) is 10.1. The Labute approximate surface area is 178 Å². The highest BCUT2D eigenvalue weighted by Crippen LogP contribution is 2.25. The summed E-state index contributed by atoms with van der Waals surface area (Å²) in [6, 6.07) is 14.8. The molecule has 3 rings (SSSR count). The van der Waals surface area contributed by atoms with Crippen molar-refractivity contribution in [2.75, 3.05) is 12.9 Å². The SMILES string of the molecule is CCn1c(SCC(=O)N/N=C\c2cccc(Cl)c2)nnc1-c1ccc(OC)cc1. The molecular weight excluding hydrogens is 410 g/mol. The van der Waals surface area contributed by atoms with E-state index >= 15 is 0 Å². The smallest absolute Gasteiger partial charge is 0.250 e. The van der Waals surface area contributed by atoms with Crippen molar-refractivity contribution in [3.63, 3.8) is 0 Å². The molecule has 7 nitrogen and oxygen atoms in total. The van der Waals surface area contributed by atoms with Gasteiger partial charge in [-0.2, -0.15) is 5.10 Å². The molecule has 0 bridgehead atoms. The third kappa shape index (κ3) is 5.58. The van der Waals surface area contributed by atoms with E-state index in [1.807, 2.05) is 47.9 Å². The molecule has 0 saturated heterocycles. The van der Waals surface area contributed by atoms with Crippen LogP contribution in [0.1, 0.15) is 12.5 Å². The fraction of sp³-hybridized carbons (Fsp3) is 0.200. The zero-order valence-corrected chi connectivity index (χ0v) is 17.6. The summed E-state index contributed by atoms with van der Waals surface area (Å²) in [5.41, 5.74) is 4.24. The molecule has 3 aromatic rings. The summed E-state index contributed by atoms with van der Waals surface area (Å²) < 4.78 is 7.16. The van der Waals surface area contributed by atoms with Gasteiger partial charge in [-0.25, -0.2) is 5.43 Å². The number of benzene rings is 2. The standard InChI is InChI=1S/C20H20ClN5O2S/c1-3-26-19(15-7-9-17(28-2)10-8-15)24-25-20(26)29-13-18(27)23-22-12-14-5-4-6-16(21)11-14/h4-12H,3,13H2,1-2H3,(H,23,27)/b22-12-. The first-order valence-electron chi connectivity index (χ1n) is 8.88. The highest BCUT2D eigenvalue weighted by atomic mass is 35.5. The number of ether oxygens (including phenoxy) is 1. The molecule has 1 amide bonds. The van der Waals surface area contributed by atoms with Crippen LogP contribution in [0.5, 0.6) is 5.75 Å². The van der Waals surface area contributed by atoms with Crippen LogP contribution < -0.4 is 10.2 Å². The summed E-state index contributed by atoms with van der Waals surface area (Å²) >= 11 is 7.23. The number of aromatic nitrogens is 3. The molecule has 29 heavy (non-hydrogen) atoms. The minimum Gasteiger partial charge on any atom is -0.497 e. The number of hydrazone groups is 1. The maximum atomic E-state index is 12.1. The van der Waals surface area contributed by atoms with Gasteiger partial charge >= 0.3 is 0 Å². The van der Waals surface area contributed by atoms with Gasteiger partial charge in [0.2, 0.25) is 0 Å². The number of carbonyl (C=O) groups is 1. The Balaban J connectivity index is 1.60. The van der Waals surface area contributed by atoms with Crippen LogP contribution in [0.3, 0.4) is 0 Å². The van der Waals surface area contributed by atoms with E-state index in [-0.39, 0.29) is 11.7 Å². The van der Waals surface area contributed by atoms with Gasteiger partial charge in [0.25, 0.3) is 5.91 Å². The number of carbonyl (C=O) groups excluding carboxylic acids is 1. The monoisotopic (exact) mass is 429 g/mol. The molecule has 0 unspecified atom stereocenters. The van der Waals surface area contributed by atoms with E-state index in [1.165, 1.54) is 11.8 Å². The minimum absolute atomic E-state index is 0.174. The minimum atomic E-state index is -0.232. The van der Waals surface area contributed by atoms with E-state index in [0.29, 0.717) is 16.7 Å². The van der Waals surface area contributed by atoms with Gasteiger partial charge in [0.15, 0.2) is 11.0 Å². The number of methoxy groups -OCH3 is 1. The largest absolute Gasteiger partial charge is 0.497 e. The fourth-order valence-electron chi connectivity index (χ4n) is 2.56. The van der Waals surface area contributed by atoms with Gasteiger partial charge in [-0.1, -0.05) is 35.5 Å². The number of thioether (sulfide) groups is 1. The molecule has 1 heterocycles. The van der Waals surface area contributed by atoms with E-state index in [1.54, 1.807) is 25.5 Å². The topological polar surface area (TPSA) is 81.4 Å². The molecule has 0 saturated carbocycles. The summed E-state index contributed by atoms with van der Waals surface area (Å²) in [6.07, 6.45) is 1.55. The van der Waals surface area contributed by atoms with E-state index in [9.17, 15) is 4.79 Å². The molecule has 2 aromatic carbocycles. The van der Waals surface area contributed by atoms with Crippen LogP contribution in [0, 0.1) is 0 Å². The van der Waals surface area contributed by atoms with Crippen molar-refractivity contribution in [3.8, 4) is 17.1 Å². The van der Waals surface area contributed by atoms with Crippen LogP contribution in [-0.2, 0) is 11.3 Å². The van der Waals surface area contributed by atoms with Crippen LogP contribution in [-0.4, -0.2) is 39.7 Å². The van der Waals surface area contributed by atoms with Gasteiger partial charge in [-0.15, -0.1) is 10.2 Å². The first-order valence-corrected chi connectivity index (χ1v) is 10.2. The van der Waals surface area contributed by atoms with Crippen LogP contribution in [0.4, 0.5) is 0 Å². The average Bonchev–Trinajstić information content (AvgIpc) is 3.15. The van der Waals surface area contributed by atoms with Gasteiger partial charge in [0, 0.05) is 17.1 Å². The molecule has 0 atom stereocenters. The van der Waals surface area contributed by atoms with Crippen molar-refractivity contribution >= 4 is 35.5 Å². The average molecular weight is 430 g/mol. The van der Waals surface area contributed by atoms with Crippen molar-refractivity contribution in [2.24, 2.45) is 5.10 Å². The number of rotatable bonds is 8. The van der Waals surface area contributed by atoms with E-state index in [0.717, 1.165) is 22.7 Å². The molecule has 1 N–H and O–H groups in total. The summed E-state index contributed by atoms with van der Waals surface area (Å²) in [4.78, 5) is 12.1. The predicted octanol–water partition coefficient (Wildman–Crippen LogP) is 3.87. The highest BCUT2D eigenvalue weighted by molar-refractivity contribution is 7.99. The van der Waals surface area contributed by atoms with Crippen molar-refractivity contribution < 1.29 is 9.53 Å². The number of halogens is 1. The Morgan fingerprint density at radius 3 is 2.76 bits per heavy atom. The Kier molecular flexibility index (Phi) is 7.26. The summed E-state index contributed by atoms with van der Waals surface area (Å²) in [5.74, 6) is 1.47. The van der Waals surface area contributed by atoms with Gasteiger partial charge in [0.1, 0.15) is 5.75 Å². The number of hydrogen-bond donors (Lipinski definition) is 1. The second-order valence-corrected chi connectivity index (χ2v) is 7.29. The van der Waals surface area contributed by atoms with Gasteiger partial charge in [0.05, 0.1) is 19.1 Å². The normalized spacial score (nSPS) is 11.0. The number of amides is 1. The van der Waals surface area contributed by atoms with Crippen LogP contribution in [0.2, 0.25) is 5.02 Å². The van der Waals surface area contributed by atoms with Crippen LogP contribution >= 0.6 is 23.4 Å². The quantitative estimate of drug-likeness (QED) is 0.334. The zero-order valence-electron chi connectivity index (χ0n) is 16.0. The first-order chi connectivity index (χ1) is 14.1. The molecule has 0 aliphatic rings. The third-order valence-electron chi connectivity index (χ3n) is 3.97. The number of nitrogens with one attached hydrogen (secondary N) is 1. The Hall–Kier alpha value is -2.84. The molecular formula is C20H20ClN5O2S. The van der Waals surface area contributed by atoms with E-state index < -0.39 is 0 Å². The van der Waals surface area contributed by atoms with Crippen molar-refractivity contribution in [3.05, 3.63) is 59.1 Å². The maximum absolute atomic E-state index is 12.1. The van der Waals surface area contributed by atoms with Crippen LogP contribution in [0.15, 0.2) is 58.8 Å². The van der Waals surface area contributed by atoms with Crippen molar-refractivity contribution in [1.82, 2.24) is 20.2 Å². The lowest BCUT2D eigenvalue weighted by Gasteiger charge is -2.07.